The second kappa shape index (κ2) is 7.94. The molecular weight excluding hydrogens is 409 g/mol. The van der Waals surface area contributed by atoms with E-state index in [1.54, 1.807) is 38.2 Å². The third-order valence-corrected chi connectivity index (χ3v) is 4.99. The summed E-state index contributed by atoms with van der Waals surface area (Å²) in [7, 11) is 0. The maximum atomic E-state index is 13.0. The van der Waals surface area contributed by atoms with Gasteiger partial charge in [-0.3, -0.25) is 0 Å². The van der Waals surface area contributed by atoms with Crippen LogP contribution in [0.4, 0.5) is 13.2 Å². The molecule has 4 aromatic rings. The van der Waals surface area contributed by atoms with E-state index < -0.39 is 17.7 Å². The number of nitrogens with one attached hydrogen (secondary N) is 1. The van der Waals surface area contributed by atoms with Crippen molar-refractivity contribution >= 4 is 27.8 Å². The number of ether oxygens (including phenoxy) is 2. The van der Waals surface area contributed by atoms with E-state index >= 15 is 0 Å². The smallest absolute Gasteiger partial charge is 0.416 e. The van der Waals surface area contributed by atoms with Crippen LogP contribution >= 0.6 is 0 Å². The highest BCUT2D eigenvalue weighted by Crippen LogP contribution is 2.36. The van der Waals surface area contributed by atoms with E-state index in [1.807, 2.05) is 6.07 Å². The molecule has 0 radical (unpaired) electrons. The van der Waals surface area contributed by atoms with Gasteiger partial charge in [0.2, 0.25) is 0 Å². The predicted octanol–water partition coefficient (Wildman–Crippen LogP) is 5.80. The number of fused-ring (bicyclic) bond motifs is 3. The maximum absolute atomic E-state index is 13.0. The van der Waals surface area contributed by atoms with E-state index in [0.29, 0.717) is 16.9 Å². The summed E-state index contributed by atoms with van der Waals surface area (Å²) >= 11 is 0. The topological polar surface area (TPSA) is 64.2 Å². The van der Waals surface area contributed by atoms with Crippen molar-refractivity contribution in [2.24, 2.45) is 0 Å². The quantitative estimate of drug-likeness (QED) is 0.408. The van der Waals surface area contributed by atoms with Crippen LogP contribution in [0, 0.1) is 6.92 Å². The molecular formula is C23H19F3N2O3. The fraction of sp³-hybridized carbons (Fsp3) is 0.217. The number of aromatic nitrogens is 2. The van der Waals surface area contributed by atoms with E-state index in [9.17, 15) is 18.0 Å². The largest absolute Gasteiger partial charge is 0.488 e. The molecule has 4 rings (SSSR count). The normalized spacial score (nSPS) is 11.8. The number of aromatic amines is 1. The van der Waals surface area contributed by atoms with Crippen LogP contribution in [0.25, 0.3) is 21.8 Å². The van der Waals surface area contributed by atoms with Gasteiger partial charge in [-0.15, -0.1) is 0 Å². The van der Waals surface area contributed by atoms with Crippen LogP contribution in [0.2, 0.25) is 0 Å². The Bertz CT molecular complexity index is 1280. The first-order chi connectivity index (χ1) is 14.8. The molecule has 0 saturated heterocycles. The lowest BCUT2D eigenvalue weighted by molar-refractivity contribution is -0.137. The summed E-state index contributed by atoms with van der Waals surface area (Å²) in [6.07, 6.45) is -2.86. The third-order valence-electron chi connectivity index (χ3n) is 4.99. The number of carbonyl (C=O) groups is 1. The van der Waals surface area contributed by atoms with Crippen molar-refractivity contribution in [3.63, 3.8) is 0 Å². The third kappa shape index (κ3) is 3.93. The first-order valence-corrected chi connectivity index (χ1v) is 9.65. The zero-order valence-corrected chi connectivity index (χ0v) is 16.8. The monoisotopic (exact) mass is 428 g/mol. The Morgan fingerprint density at radius 3 is 2.61 bits per heavy atom. The highest BCUT2D eigenvalue weighted by atomic mass is 19.4. The van der Waals surface area contributed by atoms with Gasteiger partial charge in [0.05, 0.1) is 29.4 Å². The second-order valence-corrected chi connectivity index (χ2v) is 7.03. The van der Waals surface area contributed by atoms with E-state index in [0.717, 1.165) is 33.9 Å². The number of aryl methyl sites for hydroxylation is 1. The summed E-state index contributed by atoms with van der Waals surface area (Å²) in [5.74, 6) is -0.0242. The van der Waals surface area contributed by atoms with Gasteiger partial charge in [0.25, 0.3) is 0 Å². The fourth-order valence-electron chi connectivity index (χ4n) is 3.59. The fourth-order valence-corrected chi connectivity index (χ4v) is 3.59. The number of pyridine rings is 1. The number of alkyl halides is 3. The van der Waals surface area contributed by atoms with Crippen molar-refractivity contribution in [1.82, 2.24) is 9.97 Å². The summed E-state index contributed by atoms with van der Waals surface area (Å²) < 4.78 is 50.0. The number of carbonyl (C=O) groups excluding carboxylic acids is 1. The van der Waals surface area contributed by atoms with Crippen LogP contribution in [0.15, 0.2) is 48.7 Å². The molecule has 0 fully saturated rings. The van der Waals surface area contributed by atoms with Gasteiger partial charge in [0.1, 0.15) is 12.4 Å². The number of nitrogens with zero attached hydrogens (tertiary/aromatic N) is 1. The Morgan fingerprint density at radius 1 is 1.10 bits per heavy atom. The van der Waals surface area contributed by atoms with Crippen molar-refractivity contribution in [3.8, 4) is 5.75 Å². The molecule has 0 atom stereocenters. The molecule has 0 amide bonds. The summed E-state index contributed by atoms with van der Waals surface area (Å²) in [6.45, 7) is 3.69. The van der Waals surface area contributed by atoms with E-state index in [2.05, 4.69) is 9.97 Å². The van der Waals surface area contributed by atoms with Gasteiger partial charge in [-0.05, 0) is 49.2 Å². The number of esters is 1. The minimum atomic E-state index is -4.42. The molecule has 2 aromatic carbocycles. The number of halogens is 3. The number of hydrogen-bond acceptors (Lipinski definition) is 4. The molecule has 0 unspecified atom stereocenters. The Balaban J connectivity index is 1.75. The molecule has 2 aromatic heterocycles. The molecule has 8 heteroatoms. The van der Waals surface area contributed by atoms with Gasteiger partial charge < -0.3 is 14.5 Å². The van der Waals surface area contributed by atoms with Crippen molar-refractivity contribution in [2.75, 3.05) is 6.61 Å². The molecule has 2 heterocycles. The first-order valence-electron chi connectivity index (χ1n) is 9.65. The van der Waals surface area contributed by atoms with Crippen molar-refractivity contribution in [1.29, 1.82) is 0 Å². The molecule has 1 N–H and O–H groups in total. The molecule has 31 heavy (non-hydrogen) atoms. The lowest BCUT2D eigenvalue weighted by Crippen LogP contribution is -2.09. The zero-order chi connectivity index (χ0) is 22.2. The Hall–Kier alpha value is -3.55. The maximum Gasteiger partial charge on any atom is 0.416 e. The van der Waals surface area contributed by atoms with Crippen LogP contribution in [-0.2, 0) is 17.5 Å². The molecule has 0 aliphatic carbocycles. The van der Waals surface area contributed by atoms with Crippen molar-refractivity contribution < 1.29 is 27.4 Å². The summed E-state index contributed by atoms with van der Waals surface area (Å²) in [5.41, 5.74) is 2.01. The number of rotatable bonds is 5. The van der Waals surface area contributed by atoms with Crippen molar-refractivity contribution in [2.45, 2.75) is 26.6 Å². The SMILES string of the molecule is CCOC(=O)c1ncc2[nH]c3cccc(OCc4cccc(C(F)(F)F)c4)c3c2c1C. The van der Waals surface area contributed by atoms with E-state index in [-0.39, 0.29) is 18.9 Å². The summed E-state index contributed by atoms with van der Waals surface area (Å²) in [6, 6.07) is 10.4. The van der Waals surface area contributed by atoms with Gasteiger partial charge >= 0.3 is 12.1 Å². The molecule has 0 bridgehead atoms. The molecule has 5 nitrogen and oxygen atoms in total. The zero-order valence-electron chi connectivity index (χ0n) is 16.8. The van der Waals surface area contributed by atoms with Crippen LogP contribution in [0.5, 0.6) is 5.75 Å². The Kier molecular flexibility index (Phi) is 5.31. The van der Waals surface area contributed by atoms with Gasteiger partial charge in [0, 0.05) is 10.8 Å². The average Bonchev–Trinajstić information content (AvgIpc) is 3.12. The standard InChI is InChI=1S/C23H19F3N2O3/c1-3-30-22(29)21-13(2)19-17(11-27-21)28-16-8-5-9-18(20(16)19)31-12-14-6-4-7-15(10-14)23(24,25)26/h4-11,28H,3,12H2,1-2H3. The first kappa shape index (κ1) is 20.7. The molecule has 160 valence electrons. The second-order valence-electron chi connectivity index (χ2n) is 7.03. The number of H-pyrrole nitrogens is 1. The van der Waals surface area contributed by atoms with Crippen LogP contribution in [0.3, 0.4) is 0 Å². The summed E-state index contributed by atoms with van der Waals surface area (Å²) in [4.78, 5) is 19.7. The van der Waals surface area contributed by atoms with Gasteiger partial charge in [-0.25, -0.2) is 9.78 Å². The number of benzene rings is 2. The van der Waals surface area contributed by atoms with Crippen LogP contribution < -0.4 is 4.74 Å². The highest BCUT2D eigenvalue weighted by molar-refractivity contribution is 6.13. The Morgan fingerprint density at radius 2 is 1.87 bits per heavy atom. The van der Waals surface area contributed by atoms with E-state index in [4.69, 9.17) is 9.47 Å². The van der Waals surface area contributed by atoms with Crippen LogP contribution in [-0.4, -0.2) is 22.5 Å². The minimum Gasteiger partial charge on any atom is -0.488 e. The molecule has 0 aliphatic rings. The minimum absolute atomic E-state index is 0.0371. The van der Waals surface area contributed by atoms with Gasteiger partial charge in [0.15, 0.2) is 5.69 Å². The highest BCUT2D eigenvalue weighted by Gasteiger charge is 2.30. The van der Waals surface area contributed by atoms with E-state index in [1.165, 1.54) is 6.07 Å². The summed E-state index contributed by atoms with van der Waals surface area (Å²) in [5, 5.41) is 1.49. The Labute approximate surface area is 175 Å². The molecule has 0 aliphatic heterocycles. The lowest BCUT2D eigenvalue weighted by Gasteiger charge is -2.11. The molecule has 0 spiro atoms. The van der Waals surface area contributed by atoms with Gasteiger partial charge in [-0.2, -0.15) is 13.2 Å². The lowest BCUT2D eigenvalue weighted by atomic mass is 10.1. The molecule has 0 saturated carbocycles. The van der Waals surface area contributed by atoms with Crippen molar-refractivity contribution in [3.05, 3.63) is 71.0 Å². The predicted molar refractivity (Wildman–Crippen MR) is 110 cm³/mol. The van der Waals surface area contributed by atoms with Gasteiger partial charge in [-0.1, -0.05) is 18.2 Å². The van der Waals surface area contributed by atoms with Crippen LogP contribution in [0.1, 0.15) is 34.1 Å². The number of hydrogen-bond donors (Lipinski definition) is 1. The average molecular weight is 428 g/mol.